The van der Waals surface area contributed by atoms with Crippen molar-refractivity contribution in [2.45, 2.75) is 25.3 Å². The lowest BCUT2D eigenvalue weighted by molar-refractivity contribution is 0.183. The van der Waals surface area contributed by atoms with Crippen molar-refractivity contribution in [1.82, 2.24) is 9.55 Å². The zero-order chi connectivity index (χ0) is 13.2. The second-order valence-corrected chi connectivity index (χ2v) is 6.15. The topological polar surface area (TPSA) is 27.1 Å². The molecular weight excluding hydrogens is 328 g/mol. The lowest BCUT2D eigenvalue weighted by atomic mass is 10.1. The first kappa shape index (κ1) is 13.4. The van der Waals surface area contributed by atoms with E-state index in [1.54, 1.807) is 0 Å². The Kier molecular flexibility index (Phi) is 4.10. The molecule has 102 valence electrons. The van der Waals surface area contributed by atoms with Gasteiger partial charge in [0.25, 0.3) is 0 Å². The van der Waals surface area contributed by atoms with Crippen LogP contribution in [0.2, 0.25) is 0 Å². The Morgan fingerprint density at radius 1 is 1.47 bits per heavy atom. The number of halogens is 2. The molecule has 3 nitrogen and oxygen atoms in total. The molecule has 3 rings (SSSR count). The molecule has 0 spiro atoms. The van der Waals surface area contributed by atoms with Gasteiger partial charge in [-0.15, -0.1) is 11.6 Å². The molecule has 1 aromatic heterocycles. The molecule has 2 aromatic rings. The summed E-state index contributed by atoms with van der Waals surface area (Å²) < 4.78 is 8.72. The number of aromatic nitrogens is 2. The van der Waals surface area contributed by atoms with Crippen LogP contribution < -0.4 is 0 Å². The average Bonchev–Trinajstić information content (AvgIpc) is 3.02. The lowest BCUT2D eigenvalue weighted by Gasteiger charge is -2.11. The van der Waals surface area contributed by atoms with Gasteiger partial charge in [-0.05, 0) is 37.0 Å². The third-order valence-corrected chi connectivity index (χ3v) is 4.43. The van der Waals surface area contributed by atoms with E-state index in [9.17, 15) is 0 Å². The first-order valence-electron chi connectivity index (χ1n) is 6.56. The monoisotopic (exact) mass is 342 g/mol. The standard InChI is InChI=1S/C14H16BrClN2O/c15-11-1-2-13-12(7-11)17-14(8-16)18(13)5-3-10-4-6-19-9-10/h1-2,7,10H,3-6,8-9H2. The van der Waals surface area contributed by atoms with Crippen molar-refractivity contribution >= 4 is 38.6 Å². The summed E-state index contributed by atoms with van der Waals surface area (Å²) in [6.07, 6.45) is 2.31. The largest absolute Gasteiger partial charge is 0.381 e. The molecule has 0 saturated carbocycles. The number of rotatable bonds is 4. The van der Waals surface area contributed by atoms with E-state index in [1.165, 1.54) is 6.42 Å². The number of aryl methyl sites for hydroxylation is 1. The van der Waals surface area contributed by atoms with E-state index in [2.05, 4.69) is 37.6 Å². The summed E-state index contributed by atoms with van der Waals surface area (Å²) in [4.78, 5) is 4.61. The SMILES string of the molecule is ClCc1nc2cc(Br)ccc2n1CCC1CCOC1. The van der Waals surface area contributed by atoms with Gasteiger partial charge in [-0.25, -0.2) is 4.98 Å². The first-order chi connectivity index (χ1) is 9.28. The van der Waals surface area contributed by atoms with Crippen molar-refractivity contribution in [1.29, 1.82) is 0 Å². The highest BCUT2D eigenvalue weighted by Gasteiger charge is 2.17. The molecular formula is C14H16BrClN2O. The van der Waals surface area contributed by atoms with Crippen molar-refractivity contribution in [3.8, 4) is 0 Å². The van der Waals surface area contributed by atoms with Crippen molar-refractivity contribution in [2.75, 3.05) is 13.2 Å². The van der Waals surface area contributed by atoms with Crippen LogP contribution >= 0.6 is 27.5 Å². The van der Waals surface area contributed by atoms with Gasteiger partial charge in [0.15, 0.2) is 0 Å². The molecule has 1 unspecified atom stereocenters. The first-order valence-corrected chi connectivity index (χ1v) is 7.89. The van der Waals surface area contributed by atoms with Crippen LogP contribution in [-0.2, 0) is 17.2 Å². The molecule has 0 amide bonds. The van der Waals surface area contributed by atoms with Crippen molar-refractivity contribution in [2.24, 2.45) is 5.92 Å². The molecule has 2 heterocycles. The molecule has 0 radical (unpaired) electrons. The maximum atomic E-state index is 6.02. The number of alkyl halides is 1. The summed E-state index contributed by atoms with van der Waals surface area (Å²) in [6, 6.07) is 6.20. The van der Waals surface area contributed by atoms with Crippen LogP contribution in [0.5, 0.6) is 0 Å². The van der Waals surface area contributed by atoms with E-state index in [4.69, 9.17) is 16.3 Å². The van der Waals surface area contributed by atoms with Crippen LogP contribution in [0, 0.1) is 5.92 Å². The second kappa shape index (κ2) is 5.81. The molecule has 1 fully saturated rings. The highest BCUT2D eigenvalue weighted by molar-refractivity contribution is 9.10. The molecule has 1 saturated heterocycles. The number of nitrogens with zero attached hydrogens (tertiary/aromatic N) is 2. The summed E-state index contributed by atoms with van der Waals surface area (Å²) in [5, 5.41) is 0. The Balaban J connectivity index is 1.87. The Morgan fingerprint density at radius 2 is 2.37 bits per heavy atom. The maximum absolute atomic E-state index is 6.02. The summed E-state index contributed by atoms with van der Waals surface area (Å²) in [7, 11) is 0. The second-order valence-electron chi connectivity index (χ2n) is 4.96. The predicted octanol–water partition coefficient (Wildman–Crippen LogP) is 3.96. The number of benzene rings is 1. The van der Waals surface area contributed by atoms with Gasteiger partial charge >= 0.3 is 0 Å². The minimum absolute atomic E-state index is 0.452. The Hall–Kier alpha value is -0.580. The lowest BCUT2D eigenvalue weighted by Crippen LogP contribution is -2.08. The van der Waals surface area contributed by atoms with Gasteiger partial charge in [0.2, 0.25) is 0 Å². The third kappa shape index (κ3) is 2.81. The molecule has 1 aliphatic rings. The van der Waals surface area contributed by atoms with E-state index in [-0.39, 0.29) is 0 Å². The van der Waals surface area contributed by atoms with E-state index >= 15 is 0 Å². The smallest absolute Gasteiger partial charge is 0.124 e. The summed E-state index contributed by atoms with van der Waals surface area (Å²) in [5.74, 6) is 2.08. The van der Waals surface area contributed by atoms with Gasteiger partial charge in [-0.3, -0.25) is 0 Å². The highest BCUT2D eigenvalue weighted by Crippen LogP contribution is 2.24. The van der Waals surface area contributed by atoms with Crippen LogP contribution in [0.1, 0.15) is 18.7 Å². The van der Waals surface area contributed by atoms with Crippen LogP contribution in [0.3, 0.4) is 0 Å². The summed E-state index contributed by atoms with van der Waals surface area (Å²) in [5.41, 5.74) is 2.17. The van der Waals surface area contributed by atoms with Crippen LogP contribution in [0.4, 0.5) is 0 Å². The number of hydrogen-bond acceptors (Lipinski definition) is 2. The minimum atomic E-state index is 0.452. The van der Waals surface area contributed by atoms with E-state index in [0.717, 1.165) is 47.5 Å². The van der Waals surface area contributed by atoms with Crippen molar-refractivity contribution in [3.63, 3.8) is 0 Å². The number of hydrogen-bond donors (Lipinski definition) is 0. The maximum Gasteiger partial charge on any atom is 0.124 e. The Bertz CT molecular complexity index is 578. The molecule has 0 aliphatic carbocycles. The molecule has 1 aromatic carbocycles. The van der Waals surface area contributed by atoms with Gasteiger partial charge in [-0.1, -0.05) is 15.9 Å². The van der Waals surface area contributed by atoms with Crippen LogP contribution in [0.15, 0.2) is 22.7 Å². The van der Waals surface area contributed by atoms with E-state index < -0.39 is 0 Å². The number of imidazole rings is 1. The average molecular weight is 344 g/mol. The molecule has 0 N–H and O–H groups in total. The highest BCUT2D eigenvalue weighted by atomic mass is 79.9. The van der Waals surface area contributed by atoms with Gasteiger partial charge in [0, 0.05) is 24.2 Å². The van der Waals surface area contributed by atoms with Crippen LogP contribution in [0.25, 0.3) is 11.0 Å². The molecule has 1 aliphatic heterocycles. The van der Waals surface area contributed by atoms with E-state index in [0.29, 0.717) is 11.8 Å². The summed E-state index contributed by atoms with van der Waals surface area (Å²) >= 11 is 9.50. The zero-order valence-corrected chi connectivity index (χ0v) is 13.0. The van der Waals surface area contributed by atoms with Gasteiger partial charge in [0.1, 0.15) is 5.82 Å². The predicted molar refractivity (Wildman–Crippen MR) is 80.5 cm³/mol. The zero-order valence-electron chi connectivity index (χ0n) is 10.6. The van der Waals surface area contributed by atoms with E-state index in [1.807, 2.05) is 6.07 Å². The summed E-state index contributed by atoms with van der Waals surface area (Å²) in [6.45, 7) is 2.77. The normalized spacial score (nSPS) is 19.4. The number of ether oxygens (including phenoxy) is 1. The number of fused-ring (bicyclic) bond motifs is 1. The third-order valence-electron chi connectivity index (χ3n) is 3.69. The fourth-order valence-corrected chi connectivity index (χ4v) is 3.18. The molecule has 1 atom stereocenters. The Labute approximate surface area is 126 Å². The quantitative estimate of drug-likeness (QED) is 0.786. The van der Waals surface area contributed by atoms with Crippen molar-refractivity contribution in [3.05, 3.63) is 28.5 Å². The Morgan fingerprint density at radius 3 is 3.11 bits per heavy atom. The van der Waals surface area contributed by atoms with Crippen LogP contribution in [-0.4, -0.2) is 22.8 Å². The minimum Gasteiger partial charge on any atom is -0.381 e. The van der Waals surface area contributed by atoms with Gasteiger partial charge in [0.05, 0.1) is 16.9 Å². The van der Waals surface area contributed by atoms with Gasteiger partial charge in [-0.2, -0.15) is 0 Å². The fourth-order valence-electron chi connectivity index (χ4n) is 2.63. The fraction of sp³-hybridized carbons (Fsp3) is 0.500. The van der Waals surface area contributed by atoms with Gasteiger partial charge < -0.3 is 9.30 Å². The van der Waals surface area contributed by atoms with Crippen molar-refractivity contribution < 1.29 is 4.74 Å². The molecule has 0 bridgehead atoms. The molecule has 19 heavy (non-hydrogen) atoms. The molecule has 5 heteroatoms.